The molecular formula is C28H28INO4. The molecule has 1 heterocycles. The summed E-state index contributed by atoms with van der Waals surface area (Å²) in [5.74, 6) is -0.272. The van der Waals surface area contributed by atoms with Crippen LogP contribution in [0.2, 0.25) is 0 Å². The van der Waals surface area contributed by atoms with Crippen LogP contribution in [0, 0.1) is 0 Å². The Balaban J connectivity index is 1.75. The molecule has 1 aliphatic carbocycles. The Morgan fingerprint density at radius 3 is 2.15 bits per heavy atom. The number of ether oxygens (including phenoxy) is 3. The molecule has 6 heteroatoms. The Bertz CT molecular complexity index is 1120. The molecule has 34 heavy (non-hydrogen) atoms. The van der Waals surface area contributed by atoms with Crippen molar-refractivity contribution >= 4 is 28.6 Å². The number of esters is 1. The summed E-state index contributed by atoms with van der Waals surface area (Å²) >= 11 is 2.42. The number of carbonyl (C=O) groups excluding carboxylic acids is 1. The molecule has 0 saturated carbocycles. The minimum atomic E-state index is -0.534. The van der Waals surface area contributed by atoms with Crippen molar-refractivity contribution in [2.75, 3.05) is 27.1 Å². The number of likely N-dealkylation sites (tertiary alicyclic amines) is 1. The highest BCUT2D eigenvalue weighted by Crippen LogP contribution is 2.56. The second kappa shape index (κ2) is 9.77. The maximum Gasteiger partial charge on any atom is 0.302 e. The average Bonchev–Trinajstić information content (AvgIpc) is 3.32. The van der Waals surface area contributed by atoms with Gasteiger partial charge in [-0.15, -0.1) is 0 Å². The molecule has 1 saturated heterocycles. The third kappa shape index (κ3) is 3.77. The van der Waals surface area contributed by atoms with Crippen LogP contribution in [0.5, 0.6) is 0 Å². The van der Waals surface area contributed by atoms with Gasteiger partial charge >= 0.3 is 5.97 Å². The molecule has 1 fully saturated rings. The molecule has 0 unspecified atom stereocenters. The van der Waals surface area contributed by atoms with Crippen LogP contribution in [0.15, 0.2) is 78.9 Å². The van der Waals surface area contributed by atoms with E-state index in [9.17, 15) is 4.79 Å². The minimum Gasteiger partial charge on any atom is -0.460 e. The molecule has 0 aromatic heterocycles. The van der Waals surface area contributed by atoms with Crippen LogP contribution < -0.4 is 0 Å². The number of alkyl halides is 1. The van der Waals surface area contributed by atoms with E-state index >= 15 is 0 Å². The van der Waals surface area contributed by atoms with Crippen LogP contribution in [-0.4, -0.2) is 54.0 Å². The fraction of sp³-hybridized carbons (Fsp3) is 0.321. The third-order valence-corrected chi connectivity index (χ3v) is 7.95. The lowest BCUT2D eigenvalue weighted by atomic mass is 9.78. The fourth-order valence-electron chi connectivity index (χ4n) is 5.69. The van der Waals surface area contributed by atoms with Crippen molar-refractivity contribution in [3.8, 4) is 11.1 Å². The normalized spacial score (nSPS) is 22.9. The summed E-state index contributed by atoms with van der Waals surface area (Å²) in [5, 5.41) is 0. The van der Waals surface area contributed by atoms with Gasteiger partial charge in [0.05, 0.1) is 22.1 Å². The Kier molecular flexibility index (Phi) is 6.75. The number of hydrogen-bond acceptors (Lipinski definition) is 5. The van der Waals surface area contributed by atoms with Crippen molar-refractivity contribution in [1.82, 2.24) is 4.90 Å². The van der Waals surface area contributed by atoms with Crippen molar-refractivity contribution in [3.63, 3.8) is 0 Å². The van der Waals surface area contributed by atoms with Crippen molar-refractivity contribution in [2.45, 2.75) is 28.5 Å². The summed E-state index contributed by atoms with van der Waals surface area (Å²) in [6.45, 7) is 2.81. The largest absolute Gasteiger partial charge is 0.460 e. The predicted molar refractivity (Wildman–Crippen MR) is 140 cm³/mol. The first-order valence-electron chi connectivity index (χ1n) is 11.5. The van der Waals surface area contributed by atoms with Crippen LogP contribution in [0.4, 0.5) is 0 Å². The number of hydrogen-bond donors (Lipinski definition) is 0. The summed E-state index contributed by atoms with van der Waals surface area (Å²) in [7, 11) is 1.62. The lowest BCUT2D eigenvalue weighted by molar-refractivity contribution is -0.149. The Morgan fingerprint density at radius 1 is 0.971 bits per heavy atom. The van der Waals surface area contributed by atoms with E-state index < -0.39 is 5.54 Å². The van der Waals surface area contributed by atoms with Gasteiger partial charge in [-0.25, -0.2) is 0 Å². The first-order valence-corrected chi connectivity index (χ1v) is 12.7. The summed E-state index contributed by atoms with van der Waals surface area (Å²) in [5.41, 5.74) is 5.61. The molecule has 0 bridgehead atoms. The number of nitrogens with zero attached hydrogens (tertiary/aromatic N) is 1. The van der Waals surface area contributed by atoms with E-state index in [-0.39, 0.29) is 28.8 Å². The second-order valence-electron chi connectivity index (χ2n) is 8.75. The van der Waals surface area contributed by atoms with E-state index in [2.05, 4.69) is 106 Å². The van der Waals surface area contributed by atoms with Crippen molar-refractivity contribution in [3.05, 3.63) is 95.6 Å². The quantitative estimate of drug-likeness (QED) is 0.132. The third-order valence-electron chi connectivity index (χ3n) is 6.85. The zero-order chi connectivity index (χ0) is 23.7. The van der Waals surface area contributed by atoms with Gasteiger partial charge in [0.1, 0.15) is 12.9 Å². The van der Waals surface area contributed by atoms with Crippen LogP contribution in [0.1, 0.15) is 23.6 Å². The molecule has 176 valence electrons. The van der Waals surface area contributed by atoms with E-state index in [1.807, 2.05) is 0 Å². The van der Waals surface area contributed by atoms with Gasteiger partial charge in [0, 0.05) is 20.6 Å². The van der Waals surface area contributed by atoms with Crippen molar-refractivity contribution < 1.29 is 19.0 Å². The van der Waals surface area contributed by atoms with Gasteiger partial charge in [0.15, 0.2) is 0 Å². The van der Waals surface area contributed by atoms with Gasteiger partial charge in [-0.2, -0.15) is 0 Å². The van der Waals surface area contributed by atoms with Crippen LogP contribution in [0.3, 0.4) is 0 Å². The molecule has 0 radical (unpaired) electrons. The van der Waals surface area contributed by atoms with Gasteiger partial charge in [-0.3, -0.25) is 9.69 Å². The lowest BCUT2D eigenvalue weighted by Gasteiger charge is -2.45. The molecule has 3 aromatic rings. The monoisotopic (exact) mass is 569 g/mol. The molecule has 5 rings (SSSR count). The second-order valence-corrected chi connectivity index (χ2v) is 10.4. The Morgan fingerprint density at radius 2 is 1.56 bits per heavy atom. The number of methoxy groups -OCH3 is 1. The summed E-state index contributed by atoms with van der Waals surface area (Å²) in [6.07, 6.45) is -0.296. The molecule has 0 spiro atoms. The topological polar surface area (TPSA) is 48.0 Å². The van der Waals surface area contributed by atoms with Gasteiger partial charge in [-0.1, -0.05) is 101 Å². The summed E-state index contributed by atoms with van der Waals surface area (Å²) in [4.78, 5) is 14.6. The van der Waals surface area contributed by atoms with E-state index in [0.29, 0.717) is 6.61 Å². The number of halogens is 1. The zero-order valence-corrected chi connectivity index (χ0v) is 21.5. The maximum atomic E-state index is 12.1. The summed E-state index contributed by atoms with van der Waals surface area (Å²) < 4.78 is 17.1. The van der Waals surface area contributed by atoms with Gasteiger partial charge in [0.25, 0.3) is 0 Å². The standard InChI is InChI=1S/C28H28INO4/c1-19(31)34-27-25(29)16-30(26(27)17-33-18-32-2)28(20-10-4-3-5-11-20)23-14-8-6-12-21(23)22-13-7-9-15-24(22)28/h3-15,25-27H,16-18H2,1-2H3/t25-,26-,27-/m0/s1. The van der Waals surface area contributed by atoms with E-state index in [1.165, 1.54) is 34.7 Å². The van der Waals surface area contributed by atoms with Crippen LogP contribution in [0.25, 0.3) is 11.1 Å². The number of fused-ring (bicyclic) bond motifs is 3. The fourth-order valence-corrected chi connectivity index (χ4v) is 6.74. The van der Waals surface area contributed by atoms with Crippen molar-refractivity contribution in [2.24, 2.45) is 0 Å². The highest BCUT2D eigenvalue weighted by molar-refractivity contribution is 14.1. The molecule has 2 aliphatic rings. The lowest BCUT2D eigenvalue weighted by Crippen LogP contribution is -2.53. The Labute approximate surface area is 214 Å². The molecule has 1 aliphatic heterocycles. The smallest absolute Gasteiger partial charge is 0.302 e. The van der Waals surface area contributed by atoms with E-state index in [0.717, 1.165) is 6.54 Å². The van der Waals surface area contributed by atoms with Gasteiger partial charge < -0.3 is 14.2 Å². The first kappa shape index (κ1) is 23.5. The van der Waals surface area contributed by atoms with E-state index in [1.54, 1.807) is 7.11 Å². The molecule has 5 nitrogen and oxygen atoms in total. The Hall–Kier alpha value is -2.26. The maximum absolute atomic E-state index is 12.1. The number of rotatable bonds is 7. The predicted octanol–water partition coefficient (Wildman–Crippen LogP) is 5.00. The SMILES string of the molecule is COCOC[C@H]1[C@@H](OC(C)=O)[C@@H](I)CN1C1(c2ccccc2)c2ccccc2-c2ccccc21. The zero-order valence-electron chi connectivity index (χ0n) is 19.3. The van der Waals surface area contributed by atoms with Crippen LogP contribution >= 0.6 is 22.6 Å². The summed E-state index contributed by atoms with van der Waals surface area (Å²) in [6, 6.07) is 27.8. The molecule has 3 aromatic carbocycles. The van der Waals surface area contributed by atoms with Crippen molar-refractivity contribution in [1.29, 1.82) is 0 Å². The van der Waals surface area contributed by atoms with E-state index in [4.69, 9.17) is 14.2 Å². The number of carbonyl (C=O) groups is 1. The first-order chi connectivity index (χ1) is 16.6. The average molecular weight is 569 g/mol. The highest BCUT2D eigenvalue weighted by atomic mass is 127. The number of benzene rings is 3. The highest BCUT2D eigenvalue weighted by Gasteiger charge is 2.57. The van der Waals surface area contributed by atoms with Gasteiger partial charge in [-0.05, 0) is 27.8 Å². The van der Waals surface area contributed by atoms with Crippen LogP contribution in [-0.2, 0) is 24.5 Å². The molecule has 0 N–H and O–H groups in total. The molecule has 3 atom stereocenters. The minimum absolute atomic E-state index is 0.109. The molecular weight excluding hydrogens is 541 g/mol. The molecule has 0 amide bonds. The van der Waals surface area contributed by atoms with Gasteiger partial charge in [0.2, 0.25) is 0 Å².